The summed E-state index contributed by atoms with van der Waals surface area (Å²) in [4.78, 5) is 38.3. The van der Waals surface area contributed by atoms with E-state index in [1.165, 1.54) is 6.08 Å². The predicted molar refractivity (Wildman–Crippen MR) is 105 cm³/mol. The number of thioether (sulfide) groups is 1. The van der Waals surface area contributed by atoms with Crippen LogP contribution in [-0.4, -0.2) is 28.5 Å². The van der Waals surface area contributed by atoms with Crippen LogP contribution in [0, 0.1) is 27.7 Å². The molecule has 1 fully saturated rings. The highest BCUT2D eigenvalue weighted by molar-refractivity contribution is 8.18. The van der Waals surface area contributed by atoms with E-state index >= 15 is 0 Å². The smallest absolute Gasteiger partial charge is 0.294 e. The fourth-order valence-corrected chi connectivity index (χ4v) is 3.81. The molecule has 1 N–H and O–H groups in total. The van der Waals surface area contributed by atoms with Crippen molar-refractivity contribution in [3.63, 3.8) is 0 Å². The summed E-state index contributed by atoms with van der Waals surface area (Å²) in [6.45, 7) is 7.26. The minimum Gasteiger partial charge on any atom is -0.462 e. The van der Waals surface area contributed by atoms with Crippen LogP contribution in [0.1, 0.15) is 28.2 Å². The van der Waals surface area contributed by atoms with Gasteiger partial charge in [-0.05, 0) is 62.7 Å². The Morgan fingerprint density at radius 1 is 1.15 bits per heavy atom. The molecule has 0 atom stereocenters. The number of imide groups is 1. The Balaban J connectivity index is 1.72. The fourth-order valence-electron chi connectivity index (χ4n) is 3.00. The Morgan fingerprint density at radius 3 is 2.41 bits per heavy atom. The average Bonchev–Trinajstić information content (AvgIpc) is 3.09. The second-order valence-electron chi connectivity index (χ2n) is 6.54. The zero-order chi connectivity index (χ0) is 19.7. The van der Waals surface area contributed by atoms with Crippen molar-refractivity contribution in [3.8, 4) is 0 Å². The monoisotopic (exact) mass is 384 g/mol. The van der Waals surface area contributed by atoms with Gasteiger partial charge in [-0.25, -0.2) is 0 Å². The highest BCUT2D eigenvalue weighted by Crippen LogP contribution is 2.32. The van der Waals surface area contributed by atoms with Gasteiger partial charge in [0.25, 0.3) is 11.1 Å². The number of benzene rings is 1. The number of carbonyl (C=O) groups is 3. The molecule has 140 valence electrons. The summed E-state index contributed by atoms with van der Waals surface area (Å²) in [6, 6.07) is 7.43. The first-order valence-electron chi connectivity index (χ1n) is 8.44. The number of hydrogen-bond acceptors (Lipinski definition) is 5. The van der Waals surface area contributed by atoms with Gasteiger partial charge in [0.2, 0.25) is 5.91 Å². The number of furan rings is 1. The molecule has 27 heavy (non-hydrogen) atoms. The van der Waals surface area contributed by atoms with Gasteiger partial charge < -0.3 is 9.73 Å². The van der Waals surface area contributed by atoms with Crippen LogP contribution < -0.4 is 5.32 Å². The molecule has 6 nitrogen and oxygen atoms in total. The van der Waals surface area contributed by atoms with E-state index in [9.17, 15) is 14.4 Å². The first-order chi connectivity index (χ1) is 12.7. The van der Waals surface area contributed by atoms with Crippen molar-refractivity contribution in [2.45, 2.75) is 27.7 Å². The number of amides is 3. The van der Waals surface area contributed by atoms with E-state index in [-0.39, 0.29) is 11.4 Å². The van der Waals surface area contributed by atoms with Gasteiger partial charge in [0.15, 0.2) is 0 Å². The average molecular weight is 384 g/mol. The van der Waals surface area contributed by atoms with E-state index in [2.05, 4.69) is 5.32 Å². The number of anilines is 1. The molecule has 1 aromatic carbocycles. The van der Waals surface area contributed by atoms with E-state index in [0.717, 1.165) is 33.4 Å². The van der Waals surface area contributed by atoms with E-state index < -0.39 is 17.1 Å². The number of rotatable bonds is 4. The summed E-state index contributed by atoms with van der Waals surface area (Å²) >= 11 is 0.801. The molecule has 0 saturated carbocycles. The van der Waals surface area contributed by atoms with Gasteiger partial charge in [-0.2, -0.15) is 0 Å². The summed E-state index contributed by atoms with van der Waals surface area (Å²) in [5.41, 5.74) is 3.68. The second-order valence-corrected chi connectivity index (χ2v) is 7.53. The lowest BCUT2D eigenvalue weighted by molar-refractivity contribution is -0.127. The third-order valence-electron chi connectivity index (χ3n) is 4.15. The third-order valence-corrected chi connectivity index (χ3v) is 5.06. The first kappa shape index (κ1) is 19.0. The van der Waals surface area contributed by atoms with E-state index in [1.54, 1.807) is 19.1 Å². The highest BCUT2D eigenvalue weighted by atomic mass is 32.2. The lowest BCUT2D eigenvalue weighted by Gasteiger charge is -2.15. The zero-order valence-corrected chi connectivity index (χ0v) is 16.4. The van der Waals surface area contributed by atoms with Crippen LogP contribution in [0.5, 0.6) is 0 Å². The Hall–Kier alpha value is -2.80. The van der Waals surface area contributed by atoms with Gasteiger partial charge in [-0.15, -0.1) is 0 Å². The normalized spacial score (nSPS) is 15.7. The van der Waals surface area contributed by atoms with Crippen molar-refractivity contribution in [2.75, 3.05) is 11.9 Å². The molecule has 0 spiro atoms. The number of carbonyl (C=O) groups excluding carboxylic acids is 3. The Kier molecular flexibility index (Phi) is 5.23. The van der Waals surface area contributed by atoms with Gasteiger partial charge >= 0.3 is 0 Å². The highest BCUT2D eigenvalue weighted by Gasteiger charge is 2.36. The predicted octanol–water partition coefficient (Wildman–Crippen LogP) is 4.19. The van der Waals surface area contributed by atoms with Crippen molar-refractivity contribution in [1.82, 2.24) is 4.90 Å². The van der Waals surface area contributed by atoms with Crippen LogP contribution in [0.15, 0.2) is 33.6 Å². The van der Waals surface area contributed by atoms with Gasteiger partial charge in [-0.3, -0.25) is 19.3 Å². The van der Waals surface area contributed by atoms with Crippen molar-refractivity contribution in [1.29, 1.82) is 0 Å². The summed E-state index contributed by atoms with van der Waals surface area (Å²) in [5.74, 6) is 0.297. The maximum atomic E-state index is 12.5. The Bertz CT molecular complexity index is 951. The molecule has 2 heterocycles. The molecule has 0 aliphatic carbocycles. The number of nitrogens with one attached hydrogen (secondary N) is 1. The molecule has 0 bridgehead atoms. The number of nitrogens with zero attached hydrogens (tertiary/aromatic N) is 1. The molecule has 3 amide bonds. The van der Waals surface area contributed by atoms with Crippen molar-refractivity contribution in [3.05, 3.63) is 57.4 Å². The number of hydrogen-bond donors (Lipinski definition) is 1. The molecule has 1 aromatic heterocycles. The fraction of sp³-hybridized carbons (Fsp3) is 0.250. The van der Waals surface area contributed by atoms with Crippen LogP contribution in [0.3, 0.4) is 0 Å². The topological polar surface area (TPSA) is 79.6 Å². The lowest BCUT2D eigenvalue weighted by atomic mass is 10.1. The third kappa shape index (κ3) is 4.14. The van der Waals surface area contributed by atoms with E-state index in [4.69, 9.17) is 4.42 Å². The number of aryl methyl sites for hydroxylation is 4. The van der Waals surface area contributed by atoms with Crippen molar-refractivity contribution in [2.24, 2.45) is 0 Å². The molecule has 7 heteroatoms. The van der Waals surface area contributed by atoms with E-state index in [1.807, 2.05) is 32.9 Å². The molecule has 3 rings (SSSR count). The largest absolute Gasteiger partial charge is 0.462 e. The van der Waals surface area contributed by atoms with Crippen molar-refractivity contribution < 1.29 is 18.8 Å². The quantitative estimate of drug-likeness (QED) is 0.800. The summed E-state index contributed by atoms with van der Waals surface area (Å²) in [6.07, 6.45) is 1.52. The van der Waals surface area contributed by atoms with Gasteiger partial charge in [-0.1, -0.05) is 17.7 Å². The Labute approximate surface area is 161 Å². The van der Waals surface area contributed by atoms with Gasteiger partial charge in [0, 0.05) is 11.8 Å². The second kappa shape index (κ2) is 7.44. The minimum atomic E-state index is -0.494. The molecule has 1 aliphatic rings. The molecule has 0 unspecified atom stereocenters. The minimum absolute atomic E-state index is 0.241. The summed E-state index contributed by atoms with van der Waals surface area (Å²) < 4.78 is 5.41. The maximum absolute atomic E-state index is 12.5. The van der Waals surface area contributed by atoms with Crippen LogP contribution >= 0.6 is 11.8 Å². The zero-order valence-electron chi connectivity index (χ0n) is 15.6. The maximum Gasteiger partial charge on any atom is 0.294 e. The van der Waals surface area contributed by atoms with Crippen LogP contribution in [-0.2, 0) is 9.59 Å². The SMILES string of the molecule is Cc1cc(C)c(NC(=O)CN2C(=O)S/C(=C/c3ccc(C)o3)C2=O)c(C)c1. The summed E-state index contributed by atoms with van der Waals surface area (Å²) in [5, 5.41) is 2.34. The standard InChI is InChI=1S/C20H20N2O4S/c1-11-7-12(2)18(13(3)8-11)21-17(23)10-22-19(24)16(27-20(22)25)9-15-6-5-14(4)26-15/h5-9H,10H2,1-4H3,(H,21,23)/b16-9+. The van der Waals surface area contributed by atoms with Crippen LogP contribution in [0.25, 0.3) is 6.08 Å². The lowest BCUT2D eigenvalue weighted by Crippen LogP contribution is -2.36. The van der Waals surface area contributed by atoms with Crippen LogP contribution in [0.2, 0.25) is 0 Å². The van der Waals surface area contributed by atoms with Crippen molar-refractivity contribution >= 4 is 40.6 Å². The van der Waals surface area contributed by atoms with Crippen LogP contribution in [0.4, 0.5) is 10.5 Å². The molecular weight excluding hydrogens is 364 g/mol. The Morgan fingerprint density at radius 2 is 1.81 bits per heavy atom. The molecule has 1 saturated heterocycles. The van der Waals surface area contributed by atoms with Gasteiger partial charge in [0.1, 0.15) is 18.1 Å². The molecular formula is C20H20N2O4S. The molecule has 0 radical (unpaired) electrons. The first-order valence-corrected chi connectivity index (χ1v) is 9.26. The summed E-state index contributed by atoms with van der Waals surface area (Å²) in [7, 11) is 0. The van der Waals surface area contributed by atoms with Gasteiger partial charge in [0.05, 0.1) is 4.91 Å². The molecule has 2 aromatic rings. The van der Waals surface area contributed by atoms with E-state index in [0.29, 0.717) is 17.2 Å². The molecule has 1 aliphatic heterocycles.